The predicted octanol–water partition coefficient (Wildman–Crippen LogP) is 0.781. The molecule has 2 heterocycles. The first-order valence-corrected chi connectivity index (χ1v) is 3.55. The number of carbonyl (C=O) groups is 1. The average molecular weight is 161 g/mol. The molecule has 0 aliphatic carbocycles. The summed E-state index contributed by atoms with van der Waals surface area (Å²) in [5.41, 5.74) is 1.06. The number of aryl methyl sites for hydroxylation is 1. The molecule has 0 fully saturated rings. The van der Waals surface area contributed by atoms with Gasteiger partial charge in [0.15, 0.2) is 6.29 Å². The summed E-state index contributed by atoms with van der Waals surface area (Å²) >= 11 is 0. The Morgan fingerprint density at radius 1 is 1.58 bits per heavy atom. The molecule has 4 nitrogen and oxygen atoms in total. The van der Waals surface area contributed by atoms with E-state index in [1.165, 1.54) is 0 Å². The van der Waals surface area contributed by atoms with Crippen LogP contribution in [0.4, 0.5) is 0 Å². The van der Waals surface area contributed by atoms with Crippen molar-refractivity contribution >= 4 is 17.2 Å². The van der Waals surface area contributed by atoms with Gasteiger partial charge in [-0.15, -0.1) is 0 Å². The number of rotatable bonds is 1. The summed E-state index contributed by atoms with van der Waals surface area (Å²) in [5, 5.41) is 5.05. The standard InChI is InChI=1S/C8H7N3O/c1-11-4-6-2-3-9-7(5-12)8(6)10-11/h2-5H,1H3. The molecule has 0 aromatic carbocycles. The number of carbonyl (C=O) groups excluding carboxylic acids is 1. The van der Waals surface area contributed by atoms with E-state index in [4.69, 9.17) is 0 Å². The van der Waals surface area contributed by atoms with E-state index in [2.05, 4.69) is 10.1 Å². The molecule has 0 aliphatic heterocycles. The fraction of sp³-hybridized carbons (Fsp3) is 0.125. The zero-order valence-corrected chi connectivity index (χ0v) is 6.56. The van der Waals surface area contributed by atoms with E-state index in [0.29, 0.717) is 11.2 Å². The van der Waals surface area contributed by atoms with E-state index in [-0.39, 0.29) is 0 Å². The number of fused-ring (bicyclic) bond motifs is 1. The molecule has 0 unspecified atom stereocenters. The van der Waals surface area contributed by atoms with Gasteiger partial charge in [-0.2, -0.15) is 5.10 Å². The SMILES string of the molecule is Cn1cc2ccnc(C=O)c2n1. The monoisotopic (exact) mass is 161 g/mol. The smallest absolute Gasteiger partial charge is 0.170 e. The van der Waals surface area contributed by atoms with Crippen LogP contribution in [0.3, 0.4) is 0 Å². The Morgan fingerprint density at radius 3 is 3.17 bits per heavy atom. The number of aromatic nitrogens is 3. The second-order valence-corrected chi connectivity index (χ2v) is 2.55. The molecule has 0 N–H and O–H groups in total. The molecule has 0 aliphatic rings. The summed E-state index contributed by atoms with van der Waals surface area (Å²) in [5.74, 6) is 0. The molecule has 60 valence electrons. The summed E-state index contributed by atoms with van der Waals surface area (Å²) < 4.78 is 1.67. The lowest BCUT2D eigenvalue weighted by molar-refractivity contribution is 0.112. The Labute approximate surface area is 68.8 Å². The first kappa shape index (κ1) is 6.97. The van der Waals surface area contributed by atoms with Gasteiger partial charge in [-0.25, -0.2) is 0 Å². The Kier molecular flexibility index (Phi) is 1.40. The van der Waals surface area contributed by atoms with Crippen molar-refractivity contribution in [1.82, 2.24) is 14.8 Å². The maximum Gasteiger partial charge on any atom is 0.170 e. The fourth-order valence-electron chi connectivity index (χ4n) is 1.17. The molecule has 12 heavy (non-hydrogen) atoms. The van der Waals surface area contributed by atoms with Gasteiger partial charge >= 0.3 is 0 Å². The Bertz CT molecular complexity index is 433. The van der Waals surface area contributed by atoms with E-state index in [0.717, 1.165) is 11.7 Å². The first-order valence-electron chi connectivity index (χ1n) is 3.55. The highest BCUT2D eigenvalue weighted by molar-refractivity contribution is 5.92. The van der Waals surface area contributed by atoms with Gasteiger partial charge in [-0.3, -0.25) is 14.5 Å². The molecule has 0 bridgehead atoms. The minimum Gasteiger partial charge on any atom is -0.296 e. The molecule has 2 rings (SSSR count). The van der Waals surface area contributed by atoms with Crippen LogP contribution in [0.15, 0.2) is 18.5 Å². The van der Waals surface area contributed by atoms with Crippen molar-refractivity contribution in [2.45, 2.75) is 0 Å². The normalized spacial score (nSPS) is 10.4. The molecular weight excluding hydrogens is 154 g/mol. The van der Waals surface area contributed by atoms with Gasteiger partial charge in [0, 0.05) is 24.8 Å². The fourth-order valence-corrected chi connectivity index (χ4v) is 1.17. The van der Waals surface area contributed by atoms with Crippen molar-refractivity contribution in [3.05, 3.63) is 24.2 Å². The third kappa shape index (κ3) is 0.887. The van der Waals surface area contributed by atoms with Gasteiger partial charge in [-0.05, 0) is 6.07 Å². The lowest BCUT2D eigenvalue weighted by Gasteiger charge is -1.88. The molecule has 0 saturated carbocycles. The number of aldehydes is 1. The quantitative estimate of drug-likeness (QED) is 0.580. The molecule has 0 amide bonds. The van der Waals surface area contributed by atoms with Gasteiger partial charge in [0.05, 0.1) is 0 Å². The summed E-state index contributed by atoms with van der Waals surface area (Å²) in [6, 6.07) is 1.83. The molecular formula is C8H7N3O. The summed E-state index contributed by atoms with van der Waals surface area (Å²) in [6.45, 7) is 0. The van der Waals surface area contributed by atoms with Crippen LogP contribution >= 0.6 is 0 Å². The molecule has 4 heteroatoms. The maximum absolute atomic E-state index is 10.5. The largest absolute Gasteiger partial charge is 0.296 e. The summed E-state index contributed by atoms with van der Waals surface area (Å²) in [7, 11) is 1.81. The maximum atomic E-state index is 10.5. The van der Waals surface area contributed by atoms with Crippen molar-refractivity contribution in [1.29, 1.82) is 0 Å². The predicted molar refractivity (Wildman–Crippen MR) is 43.9 cm³/mol. The second-order valence-electron chi connectivity index (χ2n) is 2.55. The zero-order valence-electron chi connectivity index (χ0n) is 6.56. The third-order valence-corrected chi connectivity index (χ3v) is 1.68. The van der Waals surface area contributed by atoms with Crippen LogP contribution in [0.1, 0.15) is 10.5 Å². The summed E-state index contributed by atoms with van der Waals surface area (Å²) in [6.07, 6.45) is 4.17. The van der Waals surface area contributed by atoms with Crippen LogP contribution in [-0.2, 0) is 7.05 Å². The van der Waals surface area contributed by atoms with Gasteiger partial charge < -0.3 is 0 Å². The molecule has 0 radical (unpaired) electrons. The van der Waals surface area contributed by atoms with E-state index < -0.39 is 0 Å². The van der Waals surface area contributed by atoms with Crippen LogP contribution in [0, 0.1) is 0 Å². The number of hydrogen-bond donors (Lipinski definition) is 0. The van der Waals surface area contributed by atoms with E-state index >= 15 is 0 Å². The Balaban J connectivity index is 2.86. The Hall–Kier alpha value is -1.71. The summed E-state index contributed by atoms with van der Waals surface area (Å²) in [4.78, 5) is 14.4. The topological polar surface area (TPSA) is 47.8 Å². The van der Waals surface area contributed by atoms with Crippen molar-refractivity contribution in [3.63, 3.8) is 0 Å². The minimum atomic E-state index is 0.396. The van der Waals surface area contributed by atoms with E-state index in [9.17, 15) is 4.79 Å². The van der Waals surface area contributed by atoms with Crippen LogP contribution in [0.5, 0.6) is 0 Å². The Morgan fingerprint density at radius 2 is 2.42 bits per heavy atom. The highest BCUT2D eigenvalue weighted by Crippen LogP contribution is 2.11. The van der Waals surface area contributed by atoms with Crippen LogP contribution < -0.4 is 0 Å². The third-order valence-electron chi connectivity index (χ3n) is 1.68. The molecule has 0 spiro atoms. The molecule has 0 atom stereocenters. The molecule has 2 aromatic rings. The number of hydrogen-bond acceptors (Lipinski definition) is 3. The van der Waals surface area contributed by atoms with Gasteiger partial charge in [0.2, 0.25) is 0 Å². The highest BCUT2D eigenvalue weighted by Gasteiger charge is 2.03. The van der Waals surface area contributed by atoms with E-state index in [1.54, 1.807) is 10.9 Å². The number of nitrogens with zero attached hydrogens (tertiary/aromatic N) is 3. The van der Waals surface area contributed by atoms with Gasteiger partial charge in [-0.1, -0.05) is 0 Å². The lowest BCUT2D eigenvalue weighted by atomic mass is 10.3. The molecule has 2 aromatic heterocycles. The minimum absolute atomic E-state index is 0.396. The van der Waals surface area contributed by atoms with Crippen LogP contribution in [-0.4, -0.2) is 21.1 Å². The van der Waals surface area contributed by atoms with Crippen molar-refractivity contribution < 1.29 is 4.79 Å². The highest BCUT2D eigenvalue weighted by atomic mass is 16.1. The van der Waals surface area contributed by atoms with Crippen molar-refractivity contribution in [2.24, 2.45) is 7.05 Å². The van der Waals surface area contributed by atoms with Gasteiger partial charge in [0.25, 0.3) is 0 Å². The van der Waals surface area contributed by atoms with Gasteiger partial charge in [0.1, 0.15) is 11.2 Å². The zero-order chi connectivity index (χ0) is 8.55. The first-order chi connectivity index (χ1) is 5.81. The average Bonchev–Trinajstić information content (AvgIpc) is 2.44. The lowest BCUT2D eigenvalue weighted by Crippen LogP contribution is -1.89. The van der Waals surface area contributed by atoms with E-state index in [1.807, 2.05) is 19.3 Å². The second kappa shape index (κ2) is 2.41. The van der Waals surface area contributed by atoms with Crippen LogP contribution in [0.2, 0.25) is 0 Å². The number of pyridine rings is 1. The van der Waals surface area contributed by atoms with Crippen LogP contribution in [0.25, 0.3) is 10.9 Å². The molecule has 0 saturated heterocycles. The van der Waals surface area contributed by atoms with Crippen molar-refractivity contribution in [3.8, 4) is 0 Å². The van der Waals surface area contributed by atoms with Crippen molar-refractivity contribution in [2.75, 3.05) is 0 Å².